The molecule has 2 N–H and O–H groups in total. The lowest BCUT2D eigenvalue weighted by Gasteiger charge is -2.12. The van der Waals surface area contributed by atoms with Crippen LogP contribution >= 0.6 is 11.8 Å². The number of rotatable bonds is 5. The largest absolute Gasteiger partial charge is 0.327 e. The van der Waals surface area contributed by atoms with Gasteiger partial charge in [0.2, 0.25) is 0 Å². The first kappa shape index (κ1) is 16.0. The van der Waals surface area contributed by atoms with Crippen molar-refractivity contribution in [3.8, 4) is 0 Å². The molecule has 0 aromatic heterocycles. The van der Waals surface area contributed by atoms with Crippen LogP contribution in [0.2, 0.25) is 0 Å². The minimum absolute atomic E-state index is 0.164. The van der Waals surface area contributed by atoms with E-state index in [1.165, 1.54) is 29.5 Å². The predicted octanol–water partition coefficient (Wildman–Crippen LogP) is 4.70. The molecule has 0 saturated heterocycles. The normalized spacial score (nSPS) is 12.4. The molecule has 0 amide bonds. The van der Waals surface area contributed by atoms with Crippen molar-refractivity contribution in [2.45, 2.75) is 42.5 Å². The summed E-state index contributed by atoms with van der Waals surface area (Å²) in [6.07, 6.45) is 1.78. The van der Waals surface area contributed by atoms with Gasteiger partial charge in [0.25, 0.3) is 0 Å². The predicted molar refractivity (Wildman–Crippen MR) is 83.6 cm³/mol. The summed E-state index contributed by atoms with van der Waals surface area (Å²) in [4.78, 5) is 1.40. The topological polar surface area (TPSA) is 26.0 Å². The summed E-state index contributed by atoms with van der Waals surface area (Å²) < 4.78 is 26.6. The van der Waals surface area contributed by atoms with Gasteiger partial charge in [-0.2, -0.15) is 0 Å². The van der Waals surface area contributed by atoms with E-state index in [2.05, 4.69) is 13.0 Å². The smallest absolute Gasteiger partial charge is 0.140 e. The summed E-state index contributed by atoms with van der Waals surface area (Å²) in [5, 5.41) is 0. The van der Waals surface area contributed by atoms with Crippen molar-refractivity contribution in [1.82, 2.24) is 0 Å². The number of aryl methyl sites for hydroxylation is 1. The summed E-state index contributed by atoms with van der Waals surface area (Å²) in [6, 6.07) is 9.89. The molecule has 2 aromatic rings. The van der Waals surface area contributed by atoms with E-state index < -0.39 is 11.6 Å². The van der Waals surface area contributed by atoms with Gasteiger partial charge in [-0.3, -0.25) is 0 Å². The molecule has 2 rings (SSSR count). The highest BCUT2D eigenvalue weighted by Crippen LogP contribution is 2.32. The van der Waals surface area contributed by atoms with Crippen LogP contribution in [0.4, 0.5) is 8.78 Å². The SMILES string of the molecule is CCC(N)Cc1ccc(Sc2ccc(F)cc2F)c(C)c1. The van der Waals surface area contributed by atoms with Gasteiger partial charge < -0.3 is 5.73 Å². The molecule has 0 heterocycles. The lowest BCUT2D eigenvalue weighted by Crippen LogP contribution is -2.21. The minimum atomic E-state index is -0.558. The number of hydrogen-bond acceptors (Lipinski definition) is 2. The first-order valence-corrected chi connectivity index (χ1v) is 7.79. The zero-order valence-corrected chi connectivity index (χ0v) is 13.0. The minimum Gasteiger partial charge on any atom is -0.327 e. The standard InChI is InChI=1S/C17H19F2NS/c1-3-14(20)9-12-4-6-16(11(2)8-12)21-17-7-5-13(18)10-15(17)19/h4-8,10,14H,3,9,20H2,1-2H3. The van der Waals surface area contributed by atoms with Gasteiger partial charge in [0.05, 0.1) is 0 Å². The molecule has 1 unspecified atom stereocenters. The van der Waals surface area contributed by atoms with Gasteiger partial charge in [-0.15, -0.1) is 0 Å². The fourth-order valence-electron chi connectivity index (χ4n) is 2.08. The quantitative estimate of drug-likeness (QED) is 0.866. The van der Waals surface area contributed by atoms with E-state index in [-0.39, 0.29) is 6.04 Å². The third-order valence-electron chi connectivity index (χ3n) is 3.38. The lowest BCUT2D eigenvalue weighted by atomic mass is 10.0. The Hall–Kier alpha value is -1.39. The van der Waals surface area contributed by atoms with Crippen molar-refractivity contribution in [3.63, 3.8) is 0 Å². The second-order valence-electron chi connectivity index (χ2n) is 5.15. The molecule has 0 radical (unpaired) electrons. The Kier molecular flexibility index (Phi) is 5.37. The van der Waals surface area contributed by atoms with Gasteiger partial charge in [0.1, 0.15) is 11.6 Å². The van der Waals surface area contributed by atoms with Gasteiger partial charge in [-0.05, 0) is 49.1 Å². The molecular weight excluding hydrogens is 288 g/mol. The summed E-state index contributed by atoms with van der Waals surface area (Å²) in [5.74, 6) is -1.09. The Bertz CT molecular complexity index is 628. The Morgan fingerprint density at radius 2 is 1.81 bits per heavy atom. The van der Waals surface area contributed by atoms with E-state index in [0.717, 1.165) is 29.4 Å². The van der Waals surface area contributed by atoms with E-state index >= 15 is 0 Å². The molecule has 112 valence electrons. The number of nitrogens with two attached hydrogens (primary N) is 1. The van der Waals surface area contributed by atoms with Gasteiger partial charge in [0, 0.05) is 21.9 Å². The van der Waals surface area contributed by atoms with E-state index in [1.54, 1.807) is 0 Å². The maximum atomic E-state index is 13.7. The molecule has 2 aromatic carbocycles. The zero-order valence-electron chi connectivity index (χ0n) is 12.2. The molecule has 0 saturated carbocycles. The Labute approximate surface area is 128 Å². The van der Waals surface area contributed by atoms with Gasteiger partial charge in [-0.25, -0.2) is 8.78 Å². The molecule has 0 aliphatic heterocycles. The van der Waals surface area contributed by atoms with Crippen LogP contribution in [0.3, 0.4) is 0 Å². The highest BCUT2D eigenvalue weighted by Gasteiger charge is 2.09. The Morgan fingerprint density at radius 1 is 1.10 bits per heavy atom. The molecule has 21 heavy (non-hydrogen) atoms. The van der Waals surface area contributed by atoms with E-state index in [9.17, 15) is 8.78 Å². The van der Waals surface area contributed by atoms with E-state index in [1.807, 2.05) is 19.1 Å². The first-order chi connectivity index (χ1) is 9.99. The van der Waals surface area contributed by atoms with E-state index in [4.69, 9.17) is 5.73 Å². The van der Waals surface area contributed by atoms with Crippen LogP contribution in [0.1, 0.15) is 24.5 Å². The molecular formula is C17H19F2NS. The lowest BCUT2D eigenvalue weighted by molar-refractivity contribution is 0.565. The van der Waals surface area contributed by atoms with Crippen molar-refractivity contribution in [2.75, 3.05) is 0 Å². The summed E-state index contributed by atoms with van der Waals surface area (Å²) in [7, 11) is 0. The van der Waals surface area contributed by atoms with Crippen LogP contribution in [0.25, 0.3) is 0 Å². The van der Waals surface area contributed by atoms with Gasteiger partial charge in [0.15, 0.2) is 0 Å². The van der Waals surface area contributed by atoms with Crippen LogP contribution in [0, 0.1) is 18.6 Å². The van der Waals surface area contributed by atoms with Crippen molar-refractivity contribution in [2.24, 2.45) is 5.73 Å². The van der Waals surface area contributed by atoms with Crippen LogP contribution in [0.5, 0.6) is 0 Å². The fraction of sp³-hybridized carbons (Fsp3) is 0.294. The maximum absolute atomic E-state index is 13.7. The highest BCUT2D eigenvalue weighted by atomic mass is 32.2. The van der Waals surface area contributed by atoms with Crippen molar-refractivity contribution >= 4 is 11.8 Å². The van der Waals surface area contributed by atoms with Crippen LogP contribution in [-0.4, -0.2) is 6.04 Å². The molecule has 0 fully saturated rings. The van der Waals surface area contributed by atoms with Crippen LogP contribution in [0.15, 0.2) is 46.2 Å². The van der Waals surface area contributed by atoms with E-state index in [0.29, 0.717) is 4.90 Å². The maximum Gasteiger partial charge on any atom is 0.140 e. The molecule has 0 spiro atoms. The van der Waals surface area contributed by atoms with Crippen molar-refractivity contribution in [1.29, 1.82) is 0 Å². The average molecular weight is 307 g/mol. The zero-order chi connectivity index (χ0) is 15.4. The van der Waals surface area contributed by atoms with Gasteiger partial charge >= 0.3 is 0 Å². The molecule has 0 aliphatic rings. The first-order valence-electron chi connectivity index (χ1n) is 6.97. The van der Waals surface area contributed by atoms with Crippen molar-refractivity contribution < 1.29 is 8.78 Å². The second-order valence-corrected chi connectivity index (χ2v) is 6.23. The Morgan fingerprint density at radius 3 is 2.43 bits per heavy atom. The summed E-state index contributed by atoms with van der Waals surface area (Å²) in [5.41, 5.74) is 8.22. The Balaban J connectivity index is 2.17. The number of hydrogen-bond donors (Lipinski definition) is 1. The third kappa shape index (κ3) is 4.29. The second kappa shape index (κ2) is 7.05. The highest BCUT2D eigenvalue weighted by molar-refractivity contribution is 7.99. The monoisotopic (exact) mass is 307 g/mol. The molecule has 0 aliphatic carbocycles. The summed E-state index contributed by atoms with van der Waals surface area (Å²) >= 11 is 1.31. The summed E-state index contributed by atoms with van der Waals surface area (Å²) in [6.45, 7) is 4.06. The van der Waals surface area contributed by atoms with Crippen molar-refractivity contribution in [3.05, 3.63) is 59.2 Å². The van der Waals surface area contributed by atoms with Crippen LogP contribution < -0.4 is 5.73 Å². The van der Waals surface area contributed by atoms with Crippen LogP contribution in [-0.2, 0) is 6.42 Å². The number of benzene rings is 2. The molecule has 0 bridgehead atoms. The molecule has 1 nitrogen and oxygen atoms in total. The molecule has 1 atom stereocenters. The van der Waals surface area contributed by atoms with Gasteiger partial charge in [-0.1, -0.05) is 30.8 Å². The average Bonchev–Trinajstić information content (AvgIpc) is 2.44. The number of halogens is 2. The third-order valence-corrected chi connectivity index (χ3v) is 4.60. The fourth-order valence-corrected chi connectivity index (χ4v) is 2.96. The molecule has 4 heteroatoms.